The number of carbonyl (C=O) groups excluding carboxylic acids is 1. The number of nitrogens with zero attached hydrogens (tertiary/aromatic N) is 2. The highest BCUT2D eigenvalue weighted by Gasteiger charge is 2.23. The lowest BCUT2D eigenvalue weighted by atomic mass is 9.91. The zero-order valence-corrected chi connectivity index (χ0v) is 16.9. The summed E-state index contributed by atoms with van der Waals surface area (Å²) in [6.45, 7) is 5.67. The number of unbranched alkanes of at least 4 members (excludes halogenated alkanes) is 1. The van der Waals surface area contributed by atoms with E-state index in [1.807, 2.05) is 31.2 Å². The second-order valence-electron chi connectivity index (χ2n) is 7.52. The summed E-state index contributed by atoms with van der Waals surface area (Å²) in [5, 5.41) is 5.35. The average Bonchev–Trinajstić information content (AvgIpc) is 2.71. The molecule has 0 radical (unpaired) electrons. The molecular formula is C21H30N6O2. The predicted molar refractivity (Wildman–Crippen MR) is 115 cm³/mol. The van der Waals surface area contributed by atoms with E-state index in [4.69, 9.17) is 5.73 Å². The van der Waals surface area contributed by atoms with E-state index in [-0.39, 0.29) is 17.4 Å². The molecule has 8 heteroatoms. The summed E-state index contributed by atoms with van der Waals surface area (Å²) in [7, 11) is 0. The molecule has 1 aromatic carbocycles. The lowest BCUT2D eigenvalue weighted by Crippen LogP contribution is -2.35. The summed E-state index contributed by atoms with van der Waals surface area (Å²) in [5.41, 5.74) is 7.63. The van der Waals surface area contributed by atoms with Gasteiger partial charge in [0.1, 0.15) is 0 Å². The van der Waals surface area contributed by atoms with Gasteiger partial charge in [-0.2, -0.15) is 4.98 Å². The van der Waals surface area contributed by atoms with E-state index >= 15 is 0 Å². The first-order chi connectivity index (χ1) is 14.1. The summed E-state index contributed by atoms with van der Waals surface area (Å²) in [4.78, 5) is 34.1. The van der Waals surface area contributed by atoms with E-state index in [9.17, 15) is 9.59 Å². The summed E-state index contributed by atoms with van der Waals surface area (Å²) >= 11 is 0. The van der Waals surface area contributed by atoms with Gasteiger partial charge in [-0.25, -0.2) is 4.79 Å². The van der Waals surface area contributed by atoms with E-state index in [0.717, 1.165) is 57.4 Å². The van der Waals surface area contributed by atoms with Crippen LogP contribution in [0, 0.1) is 6.92 Å². The van der Waals surface area contributed by atoms with Gasteiger partial charge in [-0.15, -0.1) is 0 Å². The Morgan fingerprint density at radius 3 is 2.69 bits per heavy atom. The Kier molecular flexibility index (Phi) is 7.37. The maximum absolute atomic E-state index is 12.5. The molecule has 0 atom stereocenters. The summed E-state index contributed by atoms with van der Waals surface area (Å²) in [6.07, 6.45) is 5.74. The molecular weight excluding hydrogens is 368 g/mol. The van der Waals surface area contributed by atoms with Crippen molar-refractivity contribution in [3.05, 3.63) is 51.9 Å². The van der Waals surface area contributed by atoms with Crippen LogP contribution in [0.3, 0.4) is 0 Å². The van der Waals surface area contributed by atoms with E-state index in [2.05, 4.69) is 25.5 Å². The number of rotatable bonds is 7. The largest absolute Gasteiger partial charge is 0.332 e. The zero-order valence-electron chi connectivity index (χ0n) is 16.9. The van der Waals surface area contributed by atoms with Crippen LogP contribution in [0.5, 0.6) is 0 Å². The van der Waals surface area contributed by atoms with Crippen LogP contribution in [0.25, 0.3) is 0 Å². The third-order valence-corrected chi connectivity index (χ3v) is 5.41. The van der Waals surface area contributed by atoms with E-state index in [1.54, 1.807) is 6.20 Å². The Bertz CT molecular complexity index is 873. The monoisotopic (exact) mass is 398 g/mol. The number of nitrogens with two attached hydrogens (primary N) is 1. The molecule has 1 fully saturated rings. The Hall–Kier alpha value is -2.71. The molecule has 1 aliphatic rings. The number of benzene rings is 1. The van der Waals surface area contributed by atoms with Crippen LogP contribution >= 0.6 is 0 Å². The second-order valence-corrected chi connectivity index (χ2v) is 7.52. The van der Waals surface area contributed by atoms with E-state index in [0.29, 0.717) is 11.3 Å². The molecule has 2 amide bonds. The van der Waals surface area contributed by atoms with Gasteiger partial charge in [-0.3, -0.25) is 10.1 Å². The first kappa shape index (κ1) is 21.0. The third kappa shape index (κ3) is 5.88. The molecule has 8 nitrogen and oxygen atoms in total. The summed E-state index contributed by atoms with van der Waals surface area (Å²) < 4.78 is 0. The number of amides is 2. The average molecular weight is 399 g/mol. The van der Waals surface area contributed by atoms with Crippen molar-refractivity contribution in [2.24, 2.45) is 5.73 Å². The number of carbonyl (C=O) groups is 1. The number of likely N-dealkylation sites (tertiary alicyclic amines) is 1. The molecule has 156 valence electrons. The number of H-pyrrole nitrogens is 1. The minimum Gasteiger partial charge on any atom is -0.332 e. The fourth-order valence-corrected chi connectivity index (χ4v) is 3.68. The van der Waals surface area contributed by atoms with Gasteiger partial charge in [-0.1, -0.05) is 18.2 Å². The number of para-hydroxylation sites is 1. The first-order valence-electron chi connectivity index (χ1n) is 10.2. The van der Waals surface area contributed by atoms with E-state index in [1.165, 1.54) is 0 Å². The molecule has 1 saturated heterocycles. The van der Waals surface area contributed by atoms with Crippen LogP contribution in [0.4, 0.5) is 16.4 Å². The van der Waals surface area contributed by atoms with Crippen molar-refractivity contribution in [3.63, 3.8) is 0 Å². The third-order valence-electron chi connectivity index (χ3n) is 5.41. The number of aromatic nitrogens is 2. The van der Waals surface area contributed by atoms with Crippen LogP contribution in [-0.2, 0) is 0 Å². The van der Waals surface area contributed by atoms with Gasteiger partial charge < -0.3 is 20.9 Å². The molecule has 2 heterocycles. The summed E-state index contributed by atoms with van der Waals surface area (Å²) in [6, 6.07) is 7.04. The molecule has 0 saturated carbocycles. The molecule has 1 aromatic heterocycles. The van der Waals surface area contributed by atoms with Crippen molar-refractivity contribution in [2.45, 2.75) is 38.5 Å². The number of piperidine rings is 1. The number of hydrogen-bond donors (Lipinski definition) is 4. The van der Waals surface area contributed by atoms with Crippen molar-refractivity contribution < 1.29 is 4.79 Å². The maximum atomic E-state index is 12.5. The van der Waals surface area contributed by atoms with Gasteiger partial charge in [0, 0.05) is 17.4 Å². The fraction of sp³-hybridized carbons (Fsp3) is 0.476. The minimum absolute atomic E-state index is 0.143. The normalized spacial score (nSPS) is 15.2. The number of hydrogen-bond acceptors (Lipinski definition) is 5. The Balaban J connectivity index is 1.54. The van der Waals surface area contributed by atoms with Crippen molar-refractivity contribution in [1.29, 1.82) is 0 Å². The number of anilines is 2. The molecule has 29 heavy (non-hydrogen) atoms. The number of urea groups is 1. The quantitative estimate of drug-likeness (QED) is 0.535. The fourth-order valence-electron chi connectivity index (χ4n) is 3.68. The van der Waals surface area contributed by atoms with Gasteiger partial charge in [0.05, 0.1) is 0 Å². The topological polar surface area (TPSA) is 116 Å². The maximum Gasteiger partial charge on any atom is 0.326 e. The smallest absolute Gasteiger partial charge is 0.326 e. The van der Waals surface area contributed by atoms with Gasteiger partial charge in [0.2, 0.25) is 5.95 Å². The zero-order chi connectivity index (χ0) is 20.6. The van der Waals surface area contributed by atoms with Crippen LogP contribution in [-0.4, -0.2) is 47.1 Å². The van der Waals surface area contributed by atoms with Gasteiger partial charge in [0.15, 0.2) is 0 Å². The molecule has 0 aliphatic carbocycles. The predicted octanol–water partition coefficient (Wildman–Crippen LogP) is 2.64. The van der Waals surface area contributed by atoms with Crippen LogP contribution in [0.2, 0.25) is 0 Å². The number of nitrogens with one attached hydrogen (secondary N) is 3. The minimum atomic E-state index is -0.444. The molecule has 0 bridgehead atoms. The molecule has 0 spiro atoms. The molecule has 1 aliphatic heterocycles. The highest BCUT2D eigenvalue weighted by Crippen LogP contribution is 2.25. The number of aryl methyl sites for hydroxylation is 1. The Morgan fingerprint density at radius 1 is 1.24 bits per heavy atom. The van der Waals surface area contributed by atoms with Crippen molar-refractivity contribution >= 4 is 17.7 Å². The standard InChI is InChI=1S/C21H30N6O2/c1-15-6-2-3-7-18(15)24-21(29)26-20-23-14-17(19(28)25-20)16-8-12-27(13-9-16)11-5-4-10-22/h2-3,6-7,14,16H,4-5,8-13,22H2,1H3,(H3,23,24,25,26,28,29). The first-order valence-corrected chi connectivity index (χ1v) is 10.2. The van der Waals surface area contributed by atoms with Crippen molar-refractivity contribution in [1.82, 2.24) is 14.9 Å². The van der Waals surface area contributed by atoms with Crippen LogP contribution in [0.15, 0.2) is 35.3 Å². The van der Waals surface area contributed by atoms with Crippen molar-refractivity contribution in [3.8, 4) is 0 Å². The Labute approximate surface area is 170 Å². The summed E-state index contributed by atoms with van der Waals surface area (Å²) in [5.74, 6) is 0.343. The molecule has 5 N–H and O–H groups in total. The van der Waals surface area contributed by atoms with Gasteiger partial charge in [0.25, 0.3) is 5.56 Å². The van der Waals surface area contributed by atoms with Crippen LogP contribution in [0.1, 0.15) is 42.7 Å². The lowest BCUT2D eigenvalue weighted by Gasteiger charge is -2.31. The molecule has 3 rings (SSSR count). The highest BCUT2D eigenvalue weighted by molar-refractivity contribution is 5.99. The van der Waals surface area contributed by atoms with Crippen LogP contribution < -0.4 is 21.9 Å². The highest BCUT2D eigenvalue weighted by atomic mass is 16.2. The number of aromatic amines is 1. The molecule has 0 unspecified atom stereocenters. The van der Waals surface area contributed by atoms with Gasteiger partial charge in [-0.05, 0) is 76.3 Å². The lowest BCUT2D eigenvalue weighted by molar-refractivity contribution is 0.208. The van der Waals surface area contributed by atoms with Crippen molar-refractivity contribution in [2.75, 3.05) is 36.8 Å². The SMILES string of the molecule is Cc1ccccc1NC(=O)Nc1nc(=O)c(C2CCN(CCCCN)CC2)c[nH]1. The second kappa shape index (κ2) is 10.2. The Morgan fingerprint density at radius 2 is 2.00 bits per heavy atom. The van der Waals surface area contributed by atoms with Gasteiger partial charge >= 0.3 is 6.03 Å². The van der Waals surface area contributed by atoms with E-state index < -0.39 is 6.03 Å². The molecule has 2 aromatic rings.